The molecule has 0 spiro atoms. The Kier molecular flexibility index (Phi) is 5.51. The van der Waals surface area contributed by atoms with E-state index in [2.05, 4.69) is 55.3 Å². The molecule has 2 N–H and O–H groups in total. The molecule has 21 heavy (non-hydrogen) atoms. The first-order valence-electron chi connectivity index (χ1n) is 8.00. The Morgan fingerprint density at radius 2 is 1.86 bits per heavy atom. The van der Waals surface area contributed by atoms with Crippen LogP contribution in [-0.2, 0) is 12.8 Å². The van der Waals surface area contributed by atoms with Gasteiger partial charge in [0.15, 0.2) is 0 Å². The number of rotatable bonds is 7. The van der Waals surface area contributed by atoms with Gasteiger partial charge in [-0.2, -0.15) is 0 Å². The van der Waals surface area contributed by atoms with Gasteiger partial charge in [-0.25, -0.2) is 4.68 Å². The molecule has 4 heteroatoms. The summed E-state index contributed by atoms with van der Waals surface area (Å²) < 4.78 is 1.93. The predicted molar refractivity (Wildman–Crippen MR) is 86.6 cm³/mol. The molecule has 0 fully saturated rings. The van der Waals surface area contributed by atoms with Crippen molar-refractivity contribution in [1.82, 2.24) is 15.0 Å². The summed E-state index contributed by atoms with van der Waals surface area (Å²) in [6, 6.07) is 8.59. The summed E-state index contributed by atoms with van der Waals surface area (Å²) in [4.78, 5) is 0. The van der Waals surface area contributed by atoms with Crippen LogP contribution in [0.3, 0.4) is 0 Å². The molecule has 0 saturated heterocycles. The van der Waals surface area contributed by atoms with Crippen LogP contribution in [0.25, 0.3) is 5.69 Å². The van der Waals surface area contributed by atoms with Crippen LogP contribution in [0.15, 0.2) is 24.3 Å². The maximum atomic E-state index is 6.13. The van der Waals surface area contributed by atoms with Crippen LogP contribution >= 0.6 is 0 Å². The van der Waals surface area contributed by atoms with Crippen LogP contribution in [0.2, 0.25) is 0 Å². The van der Waals surface area contributed by atoms with E-state index in [0.29, 0.717) is 0 Å². The highest BCUT2D eigenvalue weighted by atomic mass is 15.4. The molecule has 2 aromatic rings. The first-order valence-corrected chi connectivity index (χ1v) is 8.00. The molecule has 0 bridgehead atoms. The topological polar surface area (TPSA) is 56.7 Å². The van der Waals surface area contributed by atoms with Crippen LogP contribution in [0, 0.1) is 0 Å². The Balaban J connectivity index is 2.27. The lowest BCUT2D eigenvalue weighted by Gasteiger charge is -2.10. The van der Waals surface area contributed by atoms with Gasteiger partial charge in [-0.15, -0.1) is 5.10 Å². The highest BCUT2D eigenvalue weighted by molar-refractivity contribution is 5.36. The molecular weight excluding hydrogens is 260 g/mol. The second-order valence-electron chi connectivity index (χ2n) is 5.47. The van der Waals surface area contributed by atoms with Gasteiger partial charge in [0.25, 0.3) is 0 Å². The first kappa shape index (κ1) is 15.7. The van der Waals surface area contributed by atoms with Gasteiger partial charge in [-0.05, 0) is 43.4 Å². The summed E-state index contributed by atoms with van der Waals surface area (Å²) in [7, 11) is 0. The Bertz CT molecular complexity index is 557. The van der Waals surface area contributed by atoms with Crippen molar-refractivity contribution in [2.24, 2.45) is 5.73 Å². The molecular formula is C17H26N4. The zero-order valence-electron chi connectivity index (χ0n) is 13.3. The summed E-state index contributed by atoms with van der Waals surface area (Å²) in [5.41, 5.74) is 10.6. The largest absolute Gasteiger partial charge is 0.323 e. The highest BCUT2D eigenvalue weighted by Crippen LogP contribution is 2.20. The number of nitrogens with two attached hydrogens (primary N) is 1. The Hall–Kier alpha value is -1.68. The van der Waals surface area contributed by atoms with Crippen molar-refractivity contribution in [3.8, 4) is 5.69 Å². The SMILES string of the molecule is CCCCc1ccc(-n2nnc(C(N)CC)c2CC)cc1. The van der Waals surface area contributed by atoms with Gasteiger partial charge in [0.05, 0.1) is 17.4 Å². The summed E-state index contributed by atoms with van der Waals surface area (Å²) in [6.45, 7) is 6.41. The molecule has 1 heterocycles. The standard InChI is InChI=1S/C17H26N4/c1-4-7-8-13-9-11-14(12-10-13)21-16(6-3)17(19-20-21)15(18)5-2/h9-12,15H,4-8,18H2,1-3H3. The van der Waals surface area contributed by atoms with Crippen molar-refractivity contribution in [1.29, 1.82) is 0 Å². The van der Waals surface area contributed by atoms with E-state index in [9.17, 15) is 0 Å². The normalized spacial score (nSPS) is 12.6. The van der Waals surface area contributed by atoms with E-state index >= 15 is 0 Å². The number of aryl methyl sites for hydroxylation is 1. The third-order valence-corrected chi connectivity index (χ3v) is 3.92. The second-order valence-corrected chi connectivity index (χ2v) is 5.47. The van der Waals surface area contributed by atoms with Gasteiger partial charge in [0.2, 0.25) is 0 Å². The Morgan fingerprint density at radius 1 is 1.14 bits per heavy atom. The van der Waals surface area contributed by atoms with E-state index in [4.69, 9.17) is 5.73 Å². The Morgan fingerprint density at radius 3 is 2.43 bits per heavy atom. The van der Waals surface area contributed by atoms with Gasteiger partial charge < -0.3 is 5.73 Å². The minimum atomic E-state index is -0.0301. The summed E-state index contributed by atoms with van der Waals surface area (Å²) >= 11 is 0. The van der Waals surface area contributed by atoms with Crippen molar-refractivity contribution in [2.45, 2.75) is 58.9 Å². The molecule has 1 unspecified atom stereocenters. The number of aromatic nitrogens is 3. The lowest BCUT2D eigenvalue weighted by molar-refractivity contribution is 0.665. The molecule has 114 valence electrons. The van der Waals surface area contributed by atoms with E-state index in [0.717, 1.165) is 36.3 Å². The number of hydrogen-bond donors (Lipinski definition) is 1. The van der Waals surface area contributed by atoms with E-state index in [1.165, 1.54) is 18.4 Å². The molecule has 0 aliphatic rings. The maximum absolute atomic E-state index is 6.13. The first-order chi connectivity index (χ1) is 10.2. The third kappa shape index (κ3) is 3.50. The average molecular weight is 286 g/mol. The molecule has 4 nitrogen and oxygen atoms in total. The molecule has 1 aromatic carbocycles. The molecule has 0 saturated carbocycles. The summed E-state index contributed by atoms with van der Waals surface area (Å²) in [5, 5.41) is 8.60. The number of nitrogens with zero attached hydrogens (tertiary/aromatic N) is 3. The van der Waals surface area contributed by atoms with Crippen molar-refractivity contribution in [2.75, 3.05) is 0 Å². The lowest BCUT2D eigenvalue weighted by atomic mass is 10.1. The van der Waals surface area contributed by atoms with Crippen molar-refractivity contribution in [3.05, 3.63) is 41.2 Å². The molecule has 1 aromatic heterocycles. The van der Waals surface area contributed by atoms with Crippen LogP contribution in [-0.4, -0.2) is 15.0 Å². The van der Waals surface area contributed by atoms with E-state index in [1.807, 2.05) is 4.68 Å². The predicted octanol–water partition coefficient (Wildman–Crippen LogP) is 3.58. The fraction of sp³-hybridized carbons (Fsp3) is 0.529. The highest BCUT2D eigenvalue weighted by Gasteiger charge is 2.17. The van der Waals surface area contributed by atoms with Gasteiger partial charge in [-0.3, -0.25) is 0 Å². The van der Waals surface area contributed by atoms with Crippen molar-refractivity contribution in [3.63, 3.8) is 0 Å². The van der Waals surface area contributed by atoms with Crippen LogP contribution in [0.4, 0.5) is 0 Å². The van der Waals surface area contributed by atoms with Gasteiger partial charge >= 0.3 is 0 Å². The zero-order valence-corrected chi connectivity index (χ0v) is 13.3. The number of benzene rings is 1. The quantitative estimate of drug-likeness (QED) is 0.846. The summed E-state index contributed by atoms with van der Waals surface area (Å²) in [5.74, 6) is 0. The Labute approximate surface area is 127 Å². The van der Waals surface area contributed by atoms with Crippen molar-refractivity contribution < 1.29 is 0 Å². The van der Waals surface area contributed by atoms with Crippen LogP contribution in [0.5, 0.6) is 0 Å². The number of hydrogen-bond acceptors (Lipinski definition) is 3. The maximum Gasteiger partial charge on any atom is 0.103 e. The van der Waals surface area contributed by atoms with Crippen LogP contribution in [0.1, 0.15) is 63.0 Å². The number of unbranched alkanes of at least 4 members (excludes halogenated alkanes) is 1. The van der Waals surface area contributed by atoms with E-state index in [-0.39, 0.29) is 6.04 Å². The van der Waals surface area contributed by atoms with E-state index < -0.39 is 0 Å². The molecule has 0 aliphatic heterocycles. The summed E-state index contributed by atoms with van der Waals surface area (Å²) in [6.07, 6.45) is 5.36. The van der Waals surface area contributed by atoms with E-state index in [1.54, 1.807) is 0 Å². The fourth-order valence-electron chi connectivity index (χ4n) is 2.52. The molecule has 0 amide bonds. The molecule has 0 aliphatic carbocycles. The lowest BCUT2D eigenvalue weighted by Crippen LogP contribution is -2.12. The minimum Gasteiger partial charge on any atom is -0.323 e. The second kappa shape index (κ2) is 7.36. The fourth-order valence-corrected chi connectivity index (χ4v) is 2.52. The van der Waals surface area contributed by atoms with Crippen LogP contribution < -0.4 is 5.73 Å². The van der Waals surface area contributed by atoms with Gasteiger partial charge in [0.1, 0.15) is 5.69 Å². The average Bonchev–Trinajstić information content (AvgIpc) is 2.96. The monoisotopic (exact) mass is 286 g/mol. The van der Waals surface area contributed by atoms with Gasteiger partial charge in [-0.1, -0.05) is 44.5 Å². The van der Waals surface area contributed by atoms with Crippen molar-refractivity contribution >= 4 is 0 Å². The molecule has 0 radical (unpaired) electrons. The smallest absolute Gasteiger partial charge is 0.103 e. The third-order valence-electron chi connectivity index (χ3n) is 3.92. The molecule has 2 rings (SSSR count). The van der Waals surface area contributed by atoms with Gasteiger partial charge in [0, 0.05) is 0 Å². The zero-order chi connectivity index (χ0) is 15.2. The minimum absolute atomic E-state index is 0.0301. The molecule has 1 atom stereocenters.